The lowest BCUT2D eigenvalue weighted by molar-refractivity contribution is 0.0892. The van der Waals surface area contributed by atoms with E-state index in [-0.39, 0.29) is 16.8 Å². The van der Waals surface area contributed by atoms with Crippen molar-refractivity contribution in [3.63, 3.8) is 0 Å². The van der Waals surface area contributed by atoms with Crippen molar-refractivity contribution >= 4 is 26.8 Å². The van der Waals surface area contributed by atoms with Crippen LogP contribution in [0.25, 0.3) is 22.3 Å². The second kappa shape index (κ2) is 10.5. The van der Waals surface area contributed by atoms with Gasteiger partial charge in [0.2, 0.25) is 10.0 Å². The molecular formula is C29H36N4O3S. The van der Waals surface area contributed by atoms with Crippen LogP contribution in [0.4, 0.5) is 0 Å². The Bertz CT molecular complexity index is 1390. The summed E-state index contributed by atoms with van der Waals surface area (Å²) in [7, 11) is -3.66. The SMILES string of the molecule is CC1CCN(S(=O)(=O)c2ccc3nc(-c4ccccn4)cc(C(=O)N[C@@H]4CCC[C@@H](C)[C@@H]4C)c3c2)CC1. The van der Waals surface area contributed by atoms with Crippen molar-refractivity contribution in [2.45, 2.75) is 63.8 Å². The summed E-state index contributed by atoms with van der Waals surface area (Å²) in [5.41, 5.74) is 2.26. The molecule has 0 bridgehead atoms. The van der Waals surface area contributed by atoms with E-state index in [0.29, 0.717) is 58.7 Å². The van der Waals surface area contributed by atoms with Crippen LogP contribution in [0, 0.1) is 17.8 Å². The third kappa shape index (κ3) is 5.27. The standard InChI is InChI=1S/C29H36N4O3S/c1-19-12-15-33(16-13-19)37(35,36)22-10-11-26-23(17-22)24(18-28(31-26)27-8-4-5-14-30-27)29(34)32-25-9-6-7-20(2)21(25)3/h4-5,8,10-11,14,17-21,25H,6-7,9,12-13,15-16H2,1-3H3,(H,32,34)/t20-,21+,25-/m1/s1. The summed E-state index contributed by atoms with van der Waals surface area (Å²) in [6.45, 7) is 7.63. The first-order valence-electron chi connectivity index (χ1n) is 13.4. The Balaban J connectivity index is 1.57. The zero-order valence-corrected chi connectivity index (χ0v) is 22.7. The van der Waals surface area contributed by atoms with Crippen LogP contribution in [0.15, 0.2) is 53.6 Å². The van der Waals surface area contributed by atoms with Crippen LogP contribution in [0.1, 0.15) is 63.2 Å². The molecule has 37 heavy (non-hydrogen) atoms. The van der Waals surface area contributed by atoms with Crippen LogP contribution in [0.2, 0.25) is 0 Å². The summed E-state index contributed by atoms with van der Waals surface area (Å²) in [6, 6.07) is 12.4. The van der Waals surface area contributed by atoms with Gasteiger partial charge in [0.1, 0.15) is 0 Å². The van der Waals surface area contributed by atoms with Gasteiger partial charge in [-0.05, 0) is 73.4 Å². The largest absolute Gasteiger partial charge is 0.349 e. The molecule has 1 aliphatic carbocycles. The van der Waals surface area contributed by atoms with E-state index in [0.717, 1.165) is 25.7 Å². The lowest BCUT2D eigenvalue weighted by Gasteiger charge is -2.34. The van der Waals surface area contributed by atoms with Crippen LogP contribution >= 0.6 is 0 Å². The second-order valence-electron chi connectivity index (χ2n) is 10.9. The number of hydrogen-bond donors (Lipinski definition) is 1. The van der Waals surface area contributed by atoms with Crippen LogP contribution in [-0.4, -0.2) is 47.7 Å². The smallest absolute Gasteiger partial charge is 0.252 e. The Hall–Kier alpha value is -2.84. The fourth-order valence-electron chi connectivity index (χ4n) is 5.60. The number of aromatic nitrogens is 2. The Kier molecular flexibility index (Phi) is 7.32. The van der Waals surface area contributed by atoms with Crippen LogP contribution < -0.4 is 5.32 Å². The van der Waals surface area contributed by atoms with E-state index < -0.39 is 10.0 Å². The number of rotatable bonds is 5. The highest BCUT2D eigenvalue weighted by Crippen LogP contribution is 2.32. The Morgan fingerprint density at radius 2 is 1.76 bits per heavy atom. The Morgan fingerprint density at radius 1 is 0.973 bits per heavy atom. The molecule has 3 heterocycles. The Morgan fingerprint density at radius 3 is 2.49 bits per heavy atom. The molecule has 1 saturated carbocycles. The number of piperidine rings is 1. The fraction of sp³-hybridized carbons (Fsp3) is 0.483. The molecule has 196 valence electrons. The van der Waals surface area contributed by atoms with E-state index >= 15 is 0 Å². The van der Waals surface area contributed by atoms with Crippen molar-refractivity contribution in [1.29, 1.82) is 0 Å². The molecule has 0 spiro atoms. The van der Waals surface area contributed by atoms with Gasteiger partial charge in [0.15, 0.2) is 0 Å². The first-order valence-corrected chi connectivity index (χ1v) is 14.9. The monoisotopic (exact) mass is 520 g/mol. The molecule has 3 atom stereocenters. The molecule has 7 nitrogen and oxygen atoms in total. The van der Waals surface area contributed by atoms with Crippen molar-refractivity contribution in [1.82, 2.24) is 19.6 Å². The summed E-state index contributed by atoms with van der Waals surface area (Å²) in [5.74, 6) is 1.24. The van der Waals surface area contributed by atoms with E-state index in [1.165, 1.54) is 6.42 Å². The summed E-state index contributed by atoms with van der Waals surface area (Å²) < 4.78 is 28.6. The van der Waals surface area contributed by atoms with Crippen molar-refractivity contribution < 1.29 is 13.2 Å². The van der Waals surface area contributed by atoms with Gasteiger partial charge in [-0.1, -0.05) is 39.7 Å². The number of carbonyl (C=O) groups is 1. The van der Waals surface area contributed by atoms with Gasteiger partial charge >= 0.3 is 0 Å². The second-order valence-corrected chi connectivity index (χ2v) is 12.8. The van der Waals surface area contributed by atoms with E-state index in [1.54, 1.807) is 34.8 Å². The molecule has 0 radical (unpaired) electrons. The minimum absolute atomic E-state index is 0.0834. The molecule has 1 aliphatic heterocycles. The number of nitrogens with one attached hydrogen (secondary N) is 1. The van der Waals surface area contributed by atoms with E-state index in [9.17, 15) is 13.2 Å². The van der Waals surface area contributed by atoms with Gasteiger partial charge in [-0.2, -0.15) is 4.31 Å². The zero-order valence-electron chi connectivity index (χ0n) is 21.9. The molecule has 5 rings (SSSR count). The van der Waals surface area contributed by atoms with E-state index in [4.69, 9.17) is 4.98 Å². The predicted octanol–water partition coefficient (Wildman–Crippen LogP) is 5.27. The van der Waals surface area contributed by atoms with Crippen LogP contribution in [0.5, 0.6) is 0 Å². The highest BCUT2D eigenvalue weighted by molar-refractivity contribution is 7.89. The van der Waals surface area contributed by atoms with Gasteiger partial charge in [0.05, 0.1) is 27.4 Å². The average molecular weight is 521 g/mol. The number of sulfonamides is 1. The van der Waals surface area contributed by atoms with Crippen LogP contribution in [0.3, 0.4) is 0 Å². The lowest BCUT2D eigenvalue weighted by atomic mass is 9.78. The molecule has 8 heteroatoms. The molecule has 1 saturated heterocycles. The van der Waals surface area contributed by atoms with Gasteiger partial charge in [-0.3, -0.25) is 9.78 Å². The number of pyridine rings is 2. The highest BCUT2D eigenvalue weighted by atomic mass is 32.2. The quantitative estimate of drug-likeness (QED) is 0.495. The topological polar surface area (TPSA) is 92.3 Å². The minimum Gasteiger partial charge on any atom is -0.349 e. The first-order chi connectivity index (χ1) is 17.7. The number of benzene rings is 1. The molecule has 0 unspecified atom stereocenters. The van der Waals surface area contributed by atoms with Crippen LogP contribution in [-0.2, 0) is 10.0 Å². The molecule has 2 aromatic heterocycles. The molecule has 1 amide bonds. The third-order valence-corrected chi connectivity index (χ3v) is 10.3. The molecular weight excluding hydrogens is 484 g/mol. The van der Waals surface area contributed by atoms with Crippen molar-refractivity contribution in [3.8, 4) is 11.4 Å². The minimum atomic E-state index is -3.66. The molecule has 1 N–H and O–H groups in total. The van der Waals surface area contributed by atoms with Crippen molar-refractivity contribution in [2.75, 3.05) is 13.1 Å². The van der Waals surface area contributed by atoms with Gasteiger partial charge in [-0.15, -0.1) is 0 Å². The summed E-state index contributed by atoms with van der Waals surface area (Å²) in [5, 5.41) is 3.81. The van der Waals surface area contributed by atoms with Gasteiger partial charge in [0, 0.05) is 30.7 Å². The van der Waals surface area contributed by atoms with Gasteiger partial charge in [0.25, 0.3) is 5.91 Å². The molecule has 2 aliphatic rings. The summed E-state index contributed by atoms with van der Waals surface area (Å²) >= 11 is 0. The van der Waals surface area contributed by atoms with Gasteiger partial charge < -0.3 is 5.32 Å². The number of amides is 1. The fourth-order valence-corrected chi connectivity index (χ4v) is 7.10. The van der Waals surface area contributed by atoms with Crippen molar-refractivity contribution in [2.24, 2.45) is 17.8 Å². The zero-order chi connectivity index (χ0) is 26.2. The van der Waals surface area contributed by atoms with E-state index in [2.05, 4.69) is 31.1 Å². The summed E-state index contributed by atoms with van der Waals surface area (Å²) in [4.78, 5) is 23.1. The predicted molar refractivity (Wildman–Crippen MR) is 146 cm³/mol. The Labute approximate surface area is 219 Å². The highest BCUT2D eigenvalue weighted by Gasteiger charge is 2.31. The van der Waals surface area contributed by atoms with Crippen molar-refractivity contribution in [3.05, 3.63) is 54.2 Å². The maximum Gasteiger partial charge on any atom is 0.252 e. The normalized spacial score (nSPS) is 23.7. The summed E-state index contributed by atoms with van der Waals surface area (Å²) in [6.07, 6.45) is 6.61. The lowest BCUT2D eigenvalue weighted by Crippen LogP contribution is -2.43. The maximum absolute atomic E-state index is 13.7. The molecule has 3 aromatic rings. The van der Waals surface area contributed by atoms with E-state index in [1.807, 2.05) is 18.2 Å². The number of hydrogen-bond acceptors (Lipinski definition) is 5. The van der Waals surface area contributed by atoms with Gasteiger partial charge in [-0.25, -0.2) is 13.4 Å². The number of fused-ring (bicyclic) bond motifs is 1. The molecule has 2 fully saturated rings. The first kappa shape index (κ1) is 25.8. The number of carbonyl (C=O) groups excluding carboxylic acids is 1. The average Bonchev–Trinajstić information content (AvgIpc) is 2.91. The third-order valence-electron chi connectivity index (χ3n) is 8.36. The number of nitrogens with zero attached hydrogens (tertiary/aromatic N) is 3. The molecule has 1 aromatic carbocycles. The maximum atomic E-state index is 13.7.